The second-order valence-electron chi connectivity index (χ2n) is 9.42. The number of carbonyl (C=O) groups is 2. The number of aromatic nitrogens is 4. The minimum absolute atomic E-state index is 0.00647. The van der Waals surface area contributed by atoms with E-state index < -0.39 is 23.6 Å². The van der Waals surface area contributed by atoms with Gasteiger partial charge >= 0.3 is 11.9 Å². The molecule has 0 bridgehead atoms. The maximum Gasteiger partial charge on any atom is 0.323 e. The molecule has 4 aromatic rings. The standard InChI is InChI=1S/C14H14ClFN4O4S.C8H8ClFN2O.C6H9N3O3S/c1-7(14(21)23-2)6-25-13-11(19-24-20-13)12(18-22)17-8-3-4-10(16)9(15)5-8;1-5(12-13)11-6-2-3-8(10)7(9)4-6;1-11-6(10)4(7)3-13-5-2-8-12-9-5/h3-5,7,22H,6H2,1-2H3,(H,17,18);2-4,13H,1H3,(H,11,12);2,4H,3,7H2,1H3/t7-;;4-/m0.0/s1. The fourth-order valence-electron chi connectivity index (χ4n) is 3.10. The number of nitrogens with zero attached hydrogens (tertiary/aromatic N) is 6. The van der Waals surface area contributed by atoms with Crippen LogP contribution in [-0.2, 0) is 19.1 Å². The van der Waals surface area contributed by atoms with E-state index in [1.54, 1.807) is 13.8 Å². The topological polar surface area (TPSA) is 246 Å². The first-order valence-corrected chi connectivity index (χ1v) is 16.7. The number of esters is 2. The highest BCUT2D eigenvalue weighted by atomic mass is 35.5. The van der Waals surface area contributed by atoms with Gasteiger partial charge in [-0.1, -0.05) is 58.8 Å². The number of carbonyl (C=O) groups excluding carboxylic acids is 2. The molecule has 2 aromatic carbocycles. The Labute approximate surface area is 307 Å². The Kier molecular flexibility index (Phi) is 18.8. The number of hydrogen-bond acceptors (Lipinski definition) is 17. The molecule has 0 amide bonds. The van der Waals surface area contributed by atoms with Crippen molar-refractivity contribution in [1.82, 2.24) is 31.6 Å². The lowest BCUT2D eigenvalue weighted by atomic mass is 10.2. The van der Waals surface area contributed by atoms with Gasteiger partial charge in [-0.05, 0) is 58.8 Å². The quantitative estimate of drug-likeness (QED) is 0.0441. The second-order valence-corrected chi connectivity index (χ2v) is 12.3. The Morgan fingerprint density at radius 3 is 2.04 bits per heavy atom. The lowest BCUT2D eigenvalue weighted by molar-refractivity contribution is -0.144. The third kappa shape index (κ3) is 14.8. The largest absolute Gasteiger partial charge is 0.469 e. The minimum Gasteiger partial charge on any atom is -0.469 e. The van der Waals surface area contributed by atoms with E-state index in [-0.39, 0.29) is 39.1 Å². The van der Waals surface area contributed by atoms with E-state index in [1.165, 1.54) is 74.3 Å². The van der Waals surface area contributed by atoms with E-state index in [4.69, 9.17) is 34.1 Å². The number of ether oxygens (including phenoxy) is 2. The van der Waals surface area contributed by atoms with Gasteiger partial charge in [0, 0.05) is 11.5 Å². The third-order valence-corrected chi connectivity index (χ3v) is 8.41. The van der Waals surface area contributed by atoms with Crippen LogP contribution in [0.3, 0.4) is 0 Å². The summed E-state index contributed by atoms with van der Waals surface area (Å²) in [5.74, 6) is -1.27. The van der Waals surface area contributed by atoms with Gasteiger partial charge in [-0.2, -0.15) is 0 Å². The maximum atomic E-state index is 13.2. The van der Waals surface area contributed by atoms with Crippen LogP contribution < -0.4 is 16.7 Å². The summed E-state index contributed by atoms with van der Waals surface area (Å²) >= 11 is 13.7. The van der Waals surface area contributed by atoms with E-state index in [0.717, 1.165) is 6.07 Å². The van der Waals surface area contributed by atoms with Crippen LogP contribution in [0.5, 0.6) is 0 Å². The molecule has 6 N–H and O–H groups in total. The molecular formula is C28H31Cl2F2N9O8S2. The summed E-state index contributed by atoms with van der Waals surface area (Å²) in [7, 11) is 2.60. The number of methoxy groups -OCH3 is 2. The first-order valence-electron chi connectivity index (χ1n) is 13.9. The predicted molar refractivity (Wildman–Crippen MR) is 183 cm³/mol. The summed E-state index contributed by atoms with van der Waals surface area (Å²) in [6.45, 7) is 3.27. The fourth-order valence-corrected chi connectivity index (χ4v) is 5.04. The van der Waals surface area contributed by atoms with E-state index in [9.17, 15) is 23.6 Å². The van der Waals surface area contributed by atoms with E-state index in [2.05, 4.69) is 49.3 Å². The Balaban J connectivity index is 0.000000292. The SMILES string of the molecule is CC(=Nc1ccc(F)c(Cl)c1)NO.COC(=O)[C@@H](C)CSc1nonc1C(=Nc1ccc(F)c(Cl)c1)NO.COC(=O)[C@@H](N)CSc1cnon1. The molecule has 0 aliphatic rings. The number of thioether (sulfide) groups is 2. The lowest BCUT2D eigenvalue weighted by Gasteiger charge is -2.07. The molecule has 2 aromatic heterocycles. The first kappa shape index (κ1) is 42.8. The van der Waals surface area contributed by atoms with E-state index in [1.807, 2.05) is 11.0 Å². The van der Waals surface area contributed by atoms with Gasteiger partial charge < -0.3 is 15.2 Å². The molecule has 0 saturated carbocycles. The third-order valence-electron chi connectivity index (χ3n) is 5.62. The van der Waals surface area contributed by atoms with Crippen LogP contribution in [0.25, 0.3) is 0 Å². The highest BCUT2D eigenvalue weighted by Gasteiger charge is 2.21. The molecule has 0 aliphatic carbocycles. The number of amidine groups is 2. The smallest absolute Gasteiger partial charge is 0.323 e. The maximum absolute atomic E-state index is 13.2. The predicted octanol–water partition coefficient (Wildman–Crippen LogP) is 4.99. The highest BCUT2D eigenvalue weighted by Crippen LogP contribution is 2.26. The average molecular weight is 795 g/mol. The van der Waals surface area contributed by atoms with Crippen molar-refractivity contribution in [3.8, 4) is 0 Å². The van der Waals surface area contributed by atoms with Crippen LogP contribution in [-0.4, -0.2) is 86.4 Å². The van der Waals surface area contributed by atoms with Crippen molar-refractivity contribution < 1.29 is 47.5 Å². The molecule has 2 heterocycles. The molecule has 0 unspecified atom stereocenters. The van der Waals surface area contributed by atoms with E-state index >= 15 is 0 Å². The summed E-state index contributed by atoms with van der Waals surface area (Å²) in [4.78, 5) is 30.3. The Morgan fingerprint density at radius 1 is 0.922 bits per heavy atom. The first-order chi connectivity index (χ1) is 24.3. The lowest BCUT2D eigenvalue weighted by Crippen LogP contribution is -2.33. The Hall–Kier alpha value is -4.38. The molecule has 2 atom stereocenters. The zero-order valence-electron chi connectivity index (χ0n) is 27.0. The van der Waals surface area contributed by atoms with Crippen molar-refractivity contribution in [2.24, 2.45) is 21.6 Å². The van der Waals surface area contributed by atoms with Gasteiger partial charge in [0.05, 0.1) is 41.6 Å². The van der Waals surface area contributed by atoms with Gasteiger partial charge in [-0.15, -0.1) is 0 Å². The van der Waals surface area contributed by atoms with Crippen LogP contribution in [0.15, 0.2) is 71.9 Å². The number of rotatable bonds is 11. The van der Waals surface area contributed by atoms with Gasteiger partial charge in [0.25, 0.3) is 0 Å². The molecule has 0 fully saturated rings. The molecule has 51 heavy (non-hydrogen) atoms. The van der Waals surface area contributed by atoms with Gasteiger partial charge in [0.2, 0.25) is 0 Å². The van der Waals surface area contributed by atoms with Crippen molar-refractivity contribution in [2.45, 2.75) is 29.9 Å². The van der Waals surface area contributed by atoms with Crippen molar-refractivity contribution in [1.29, 1.82) is 0 Å². The Morgan fingerprint density at radius 2 is 1.53 bits per heavy atom. The zero-order valence-corrected chi connectivity index (χ0v) is 30.2. The molecular weight excluding hydrogens is 763 g/mol. The van der Waals surface area contributed by atoms with Crippen LogP contribution in [0.4, 0.5) is 20.2 Å². The van der Waals surface area contributed by atoms with Crippen molar-refractivity contribution in [3.63, 3.8) is 0 Å². The summed E-state index contributed by atoms with van der Waals surface area (Å²) in [5.41, 5.74) is 10.1. The minimum atomic E-state index is -0.647. The van der Waals surface area contributed by atoms with Gasteiger partial charge in [-0.3, -0.25) is 31.0 Å². The summed E-state index contributed by atoms with van der Waals surface area (Å²) in [6, 6.07) is 7.20. The molecule has 0 aliphatic heterocycles. The molecule has 17 nitrogen and oxygen atoms in total. The van der Waals surface area contributed by atoms with Crippen molar-refractivity contribution in [3.05, 3.63) is 70.0 Å². The van der Waals surface area contributed by atoms with Crippen molar-refractivity contribution in [2.75, 3.05) is 25.7 Å². The van der Waals surface area contributed by atoms with Crippen molar-refractivity contribution >= 4 is 81.7 Å². The Bertz CT molecular complexity index is 1770. The number of hydroxylamine groups is 2. The number of aliphatic imine (C=N–C) groups is 2. The number of benzene rings is 2. The summed E-state index contributed by atoms with van der Waals surface area (Å²) < 4.78 is 44.0. The number of nitrogens with one attached hydrogen (secondary N) is 2. The number of halogens is 4. The highest BCUT2D eigenvalue weighted by molar-refractivity contribution is 7.99. The van der Waals surface area contributed by atoms with Gasteiger partial charge in [-0.25, -0.2) is 28.0 Å². The molecule has 0 spiro atoms. The van der Waals surface area contributed by atoms with Gasteiger partial charge in [0.15, 0.2) is 21.6 Å². The monoisotopic (exact) mass is 793 g/mol. The molecule has 0 saturated heterocycles. The number of hydrogen-bond donors (Lipinski definition) is 5. The van der Waals surface area contributed by atoms with Crippen LogP contribution >= 0.6 is 46.7 Å². The molecule has 276 valence electrons. The normalized spacial score (nSPS) is 12.4. The molecule has 23 heteroatoms. The average Bonchev–Trinajstić information content (AvgIpc) is 3.84. The van der Waals surface area contributed by atoms with Crippen LogP contribution in [0.2, 0.25) is 10.0 Å². The van der Waals surface area contributed by atoms with E-state index in [0.29, 0.717) is 33.1 Å². The molecule has 0 radical (unpaired) electrons. The van der Waals surface area contributed by atoms with Crippen LogP contribution in [0.1, 0.15) is 19.5 Å². The second kappa shape index (κ2) is 22.4. The number of nitrogens with two attached hydrogens (primary N) is 1. The molecule has 4 rings (SSSR count). The summed E-state index contributed by atoms with van der Waals surface area (Å²) in [6.07, 6.45) is 1.45. The zero-order chi connectivity index (χ0) is 37.9. The summed E-state index contributed by atoms with van der Waals surface area (Å²) in [5, 5.41) is 32.9. The van der Waals surface area contributed by atoms with Gasteiger partial charge in [0.1, 0.15) is 29.7 Å². The fraction of sp³-hybridized carbons (Fsp3) is 0.286. The van der Waals surface area contributed by atoms with Crippen LogP contribution in [0, 0.1) is 17.6 Å².